The van der Waals surface area contributed by atoms with Crippen molar-refractivity contribution in [1.29, 1.82) is 0 Å². The molecule has 0 heterocycles. The number of carbonyl (C=O) groups is 2. The fraction of sp³-hybridized carbons (Fsp3) is 0.263. The third-order valence-corrected chi connectivity index (χ3v) is 3.83. The van der Waals surface area contributed by atoms with Gasteiger partial charge in [0, 0.05) is 17.4 Å². The molecule has 5 nitrogen and oxygen atoms in total. The van der Waals surface area contributed by atoms with E-state index < -0.39 is 0 Å². The number of nitrogens with one attached hydrogen (secondary N) is 3. The molecule has 0 unspecified atom stereocenters. The Hall–Kier alpha value is -2.82. The lowest BCUT2D eigenvalue weighted by molar-refractivity contribution is -0.114. The molecule has 24 heavy (non-hydrogen) atoms. The first-order valence-electron chi connectivity index (χ1n) is 8.12. The Kier molecular flexibility index (Phi) is 4.79. The van der Waals surface area contributed by atoms with Crippen LogP contribution in [0, 0.1) is 6.92 Å². The molecule has 0 spiro atoms. The van der Waals surface area contributed by atoms with E-state index in [1.54, 1.807) is 6.07 Å². The zero-order valence-corrected chi connectivity index (χ0v) is 13.6. The fourth-order valence-electron chi connectivity index (χ4n) is 2.43. The van der Waals surface area contributed by atoms with Crippen molar-refractivity contribution >= 4 is 23.2 Å². The van der Waals surface area contributed by atoms with Crippen molar-refractivity contribution in [3.05, 3.63) is 59.7 Å². The molecule has 1 aliphatic rings. The van der Waals surface area contributed by atoms with E-state index in [0.29, 0.717) is 17.3 Å². The molecule has 124 valence electrons. The van der Waals surface area contributed by atoms with E-state index in [0.717, 1.165) is 24.1 Å². The smallest absolute Gasteiger partial charge is 0.253 e. The molecule has 1 aliphatic carbocycles. The summed E-state index contributed by atoms with van der Waals surface area (Å²) in [6.07, 6.45) is 2.08. The van der Waals surface area contributed by atoms with Crippen molar-refractivity contribution in [2.45, 2.75) is 25.8 Å². The fourth-order valence-corrected chi connectivity index (χ4v) is 2.43. The molecule has 5 heteroatoms. The van der Waals surface area contributed by atoms with Crippen LogP contribution < -0.4 is 16.0 Å². The Morgan fingerprint density at radius 2 is 1.88 bits per heavy atom. The minimum atomic E-state index is -0.155. The van der Waals surface area contributed by atoms with Crippen LogP contribution in [0.15, 0.2) is 48.5 Å². The molecule has 0 aliphatic heterocycles. The lowest BCUT2D eigenvalue weighted by Gasteiger charge is -2.12. The first-order valence-corrected chi connectivity index (χ1v) is 8.12. The molecule has 0 radical (unpaired) electrons. The highest BCUT2D eigenvalue weighted by atomic mass is 16.2. The van der Waals surface area contributed by atoms with Crippen molar-refractivity contribution in [3.63, 3.8) is 0 Å². The number of hydrogen-bond donors (Lipinski definition) is 3. The predicted octanol–water partition coefficient (Wildman–Crippen LogP) is 2.94. The number of para-hydroxylation sites is 1. The van der Waals surface area contributed by atoms with Crippen LogP contribution in [0.25, 0.3) is 0 Å². The van der Waals surface area contributed by atoms with Gasteiger partial charge in [0.1, 0.15) is 0 Å². The molecule has 2 aromatic rings. The highest BCUT2D eigenvalue weighted by Gasteiger charge is 2.24. The van der Waals surface area contributed by atoms with E-state index in [1.807, 2.05) is 49.4 Å². The van der Waals surface area contributed by atoms with E-state index in [9.17, 15) is 9.59 Å². The van der Waals surface area contributed by atoms with Crippen molar-refractivity contribution in [1.82, 2.24) is 5.32 Å². The molecule has 3 rings (SSSR count). The standard InChI is InChI=1S/C19H21N3O2/c1-13-5-4-6-15(11-13)21-18(23)12-20-17-8-3-2-7-16(17)19(24)22-14-9-10-14/h2-8,11,14,20H,9-10,12H2,1H3,(H,21,23)(H,22,24). The van der Waals surface area contributed by atoms with Crippen LogP contribution >= 0.6 is 0 Å². The third-order valence-electron chi connectivity index (χ3n) is 3.83. The van der Waals surface area contributed by atoms with Gasteiger partial charge >= 0.3 is 0 Å². The van der Waals surface area contributed by atoms with Gasteiger partial charge in [-0.3, -0.25) is 9.59 Å². The zero-order valence-electron chi connectivity index (χ0n) is 13.6. The Morgan fingerprint density at radius 1 is 1.08 bits per heavy atom. The van der Waals surface area contributed by atoms with Gasteiger partial charge in [-0.1, -0.05) is 24.3 Å². The first-order chi connectivity index (χ1) is 11.6. The average molecular weight is 323 g/mol. The number of hydrogen-bond acceptors (Lipinski definition) is 3. The molecule has 1 fully saturated rings. The summed E-state index contributed by atoms with van der Waals surface area (Å²) in [5.41, 5.74) is 3.08. The summed E-state index contributed by atoms with van der Waals surface area (Å²) in [5, 5.41) is 8.86. The molecular formula is C19H21N3O2. The first kappa shape index (κ1) is 16.1. The van der Waals surface area contributed by atoms with Crippen LogP contribution in [-0.4, -0.2) is 24.4 Å². The van der Waals surface area contributed by atoms with Crippen LogP contribution in [0.4, 0.5) is 11.4 Å². The zero-order chi connectivity index (χ0) is 16.9. The monoisotopic (exact) mass is 323 g/mol. The Morgan fingerprint density at radius 3 is 2.62 bits per heavy atom. The van der Waals surface area contributed by atoms with E-state index in [1.165, 1.54) is 0 Å². The summed E-state index contributed by atoms with van der Waals surface area (Å²) in [4.78, 5) is 24.3. The summed E-state index contributed by atoms with van der Waals surface area (Å²) in [6, 6.07) is 15.2. The van der Waals surface area contributed by atoms with Crippen LogP contribution in [0.5, 0.6) is 0 Å². The summed E-state index contributed by atoms with van der Waals surface area (Å²) in [5.74, 6) is -0.252. The molecule has 0 saturated heterocycles. The maximum atomic E-state index is 12.2. The van der Waals surface area contributed by atoms with Gasteiger partial charge in [-0.15, -0.1) is 0 Å². The quantitative estimate of drug-likeness (QED) is 0.765. The Balaban J connectivity index is 1.59. The van der Waals surface area contributed by atoms with Gasteiger partial charge in [0.25, 0.3) is 5.91 Å². The van der Waals surface area contributed by atoms with Crippen LogP contribution in [0.2, 0.25) is 0 Å². The van der Waals surface area contributed by atoms with Gasteiger partial charge in [0.2, 0.25) is 5.91 Å². The lowest BCUT2D eigenvalue weighted by Crippen LogP contribution is -2.27. The van der Waals surface area contributed by atoms with Gasteiger partial charge in [-0.2, -0.15) is 0 Å². The Labute approximate surface area is 141 Å². The minimum absolute atomic E-state index is 0.0975. The SMILES string of the molecule is Cc1cccc(NC(=O)CNc2ccccc2C(=O)NC2CC2)c1. The topological polar surface area (TPSA) is 70.2 Å². The second-order valence-electron chi connectivity index (χ2n) is 6.06. The van der Waals surface area contributed by atoms with Crippen molar-refractivity contribution < 1.29 is 9.59 Å². The number of amides is 2. The summed E-state index contributed by atoms with van der Waals surface area (Å²) < 4.78 is 0. The maximum Gasteiger partial charge on any atom is 0.253 e. The van der Waals surface area contributed by atoms with E-state index >= 15 is 0 Å². The molecular weight excluding hydrogens is 302 g/mol. The summed E-state index contributed by atoms with van der Waals surface area (Å²) in [7, 11) is 0. The van der Waals surface area contributed by atoms with Crippen LogP contribution in [-0.2, 0) is 4.79 Å². The molecule has 0 bridgehead atoms. The molecule has 2 aromatic carbocycles. The normalized spacial score (nSPS) is 13.2. The number of benzene rings is 2. The molecule has 1 saturated carbocycles. The van der Waals surface area contributed by atoms with Gasteiger partial charge in [-0.25, -0.2) is 0 Å². The van der Waals surface area contributed by atoms with Crippen LogP contribution in [0.3, 0.4) is 0 Å². The van der Waals surface area contributed by atoms with Gasteiger partial charge < -0.3 is 16.0 Å². The van der Waals surface area contributed by atoms with E-state index in [-0.39, 0.29) is 18.4 Å². The molecule has 2 amide bonds. The predicted molar refractivity (Wildman–Crippen MR) is 95.2 cm³/mol. The molecule has 0 atom stereocenters. The number of anilines is 2. The number of rotatable bonds is 6. The van der Waals surface area contributed by atoms with Crippen molar-refractivity contribution in [2.75, 3.05) is 17.2 Å². The second kappa shape index (κ2) is 7.17. The third kappa shape index (κ3) is 4.35. The van der Waals surface area contributed by atoms with Crippen molar-refractivity contribution in [3.8, 4) is 0 Å². The van der Waals surface area contributed by atoms with Gasteiger partial charge in [0.15, 0.2) is 0 Å². The average Bonchev–Trinajstić information content (AvgIpc) is 3.37. The van der Waals surface area contributed by atoms with Gasteiger partial charge in [0.05, 0.1) is 12.1 Å². The highest BCUT2D eigenvalue weighted by Crippen LogP contribution is 2.21. The van der Waals surface area contributed by atoms with E-state index in [4.69, 9.17) is 0 Å². The summed E-state index contributed by atoms with van der Waals surface area (Å²) >= 11 is 0. The lowest BCUT2D eigenvalue weighted by atomic mass is 10.1. The molecule has 0 aromatic heterocycles. The van der Waals surface area contributed by atoms with Crippen molar-refractivity contribution in [2.24, 2.45) is 0 Å². The molecule has 3 N–H and O–H groups in total. The maximum absolute atomic E-state index is 12.2. The van der Waals surface area contributed by atoms with Crippen LogP contribution in [0.1, 0.15) is 28.8 Å². The number of carbonyl (C=O) groups excluding carboxylic acids is 2. The van der Waals surface area contributed by atoms with Gasteiger partial charge in [-0.05, 0) is 49.6 Å². The van der Waals surface area contributed by atoms with E-state index in [2.05, 4.69) is 16.0 Å². The minimum Gasteiger partial charge on any atom is -0.376 e. The second-order valence-corrected chi connectivity index (χ2v) is 6.06. The number of aryl methyl sites for hydroxylation is 1. The summed E-state index contributed by atoms with van der Waals surface area (Å²) in [6.45, 7) is 2.07. The largest absolute Gasteiger partial charge is 0.376 e. The highest BCUT2D eigenvalue weighted by molar-refractivity contribution is 6.01. The Bertz CT molecular complexity index is 754.